The third-order valence-corrected chi connectivity index (χ3v) is 0. The van der Waals surface area contributed by atoms with Crippen molar-refractivity contribution < 1.29 is 63.2 Å². The number of rotatable bonds is 0. The molecule has 0 spiro atoms. The first kappa shape index (κ1) is 22.5. The van der Waals surface area contributed by atoms with Gasteiger partial charge in [0.05, 0.1) is 0 Å². The summed E-state index contributed by atoms with van der Waals surface area (Å²) >= 11 is 0. The summed E-state index contributed by atoms with van der Waals surface area (Å²) < 4.78 is 0. The van der Waals surface area contributed by atoms with Crippen LogP contribution in [0.25, 0.3) is 0 Å². The van der Waals surface area contributed by atoms with Crippen LogP contribution in [0.3, 0.4) is 0 Å². The number of hydrogen-bond acceptors (Lipinski definition) is 0. The van der Waals surface area contributed by atoms with Crippen LogP contribution in [0.2, 0.25) is 0 Å². The summed E-state index contributed by atoms with van der Waals surface area (Å²) in [6, 6.07) is 0. The Morgan fingerprint density at radius 3 is 0.875 bits per heavy atom. The molecule has 0 radical (unpaired) electrons. The zero-order chi connectivity index (χ0) is 4.50. The maximum atomic E-state index is 3.77. The van der Waals surface area contributed by atoms with Crippen molar-refractivity contribution in [2.75, 3.05) is 0 Å². The minimum absolute atomic E-state index is 0. The van der Waals surface area contributed by atoms with Gasteiger partial charge in [-0.25, -0.2) is 0 Å². The van der Waals surface area contributed by atoms with Gasteiger partial charge in [0, 0.05) is 63.2 Å². The van der Waals surface area contributed by atoms with E-state index in [1.807, 2.05) is 0 Å². The molecule has 8 heavy (non-hydrogen) atoms. The van der Waals surface area contributed by atoms with Crippen LogP contribution in [-0.4, -0.2) is 0 Å². The molecule has 0 rings (SSSR count). The van der Waals surface area contributed by atoms with E-state index in [4.69, 9.17) is 0 Å². The molecular formula is C5H11W3-. The van der Waals surface area contributed by atoms with Gasteiger partial charge in [-0.1, -0.05) is 20.8 Å². The van der Waals surface area contributed by atoms with Gasteiger partial charge in [-0.05, 0) is 0 Å². The molecule has 0 aliphatic heterocycles. The average molecular weight is 623 g/mol. The fourth-order valence-electron chi connectivity index (χ4n) is 0. The topological polar surface area (TPSA) is 0 Å². The molecule has 0 nitrogen and oxygen atoms in total. The van der Waals surface area contributed by atoms with Crippen molar-refractivity contribution in [1.82, 2.24) is 0 Å². The molecule has 0 unspecified atom stereocenters. The van der Waals surface area contributed by atoms with Crippen molar-refractivity contribution in [2.45, 2.75) is 20.8 Å². The van der Waals surface area contributed by atoms with Crippen molar-refractivity contribution in [3.63, 3.8) is 0 Å². The molecule has 0 heterocycles. The molecule has 3 heteroatoms. The largest absolute Gasteiger partial charge is 0.338 e. The molecule has 0 aliphatic rings. The summed E-state index contributed by atoms with van der Waals surface area (Å²) in [4.78, 5) is 0. The van der Waals surface area contributed by atoms with E-state index in [1.165, 1.54) is 0 Å². The Labute approximate surface area is 95.4 Å². The molecule has 0 fully saturated rings. The van der Waals surface area contributed by atoms with E-state index >= 15 is 0 Å². The van der Waals surface area contributed by atoms with Crippen LogP contribution in [0, 0.1) is 12.3 Å². The summed E-state index contributed by atoms with van der Waals surface area (Å²) in [7, 11) is 0. The first-order valence-electron chi connectivity index (χ1n) is 1.85. The molecular weight excluding hydrogens is 612 g/mol. The van der Waals surface area contributed by atoms with Crippen LogP contribution in [0.5, 0.6) is 0 Å². The van der Waals surface area contributed by atoms with E-state index < -0.39 is 0 Å². The van der Waals surface area contributed by atoms with Crippen molar-refractivity contribution >= 4 is 0 Å². The van der Waals surface area contributed by atoms with Gasteiger partial charge in [0.15, 0.2) is 0 Å². The second-order valence-corrected chi connectivity index (χ2v) is 2.56. The van der Waals surface area contributed by atoms with Crippen molar-refractivity contribution in [3.05, 3.63) is 6.92 Å². The quantitative estimate of drug-likeness (QED) is 0.362. The predicted molar refractivity (Wildman–Crippen MR) is 24.8 cm³/mol. The Kier molecular flexibility index (Phi) is 25.5. The molecule has 0 N–H and O–H groups in total. The maximum absolute atomic E-state index is 3.77. The van der Waals surface area contributed by atoms with Gasteiger partial charge in [-0.2, -0.15) is 5.41 Å². The van der Waals surface area contributed by atoms with Gasteiger partial charge >= 0.3 is 0 Å². The second kappa shape index (κ2) is 9.06. The summed E-state index contributed by atoms with van der Waals surface area (Å²) in [5, 5.41) is 0. The maximum Gasteiger partial charge on any atom is 0 e. The molecule has 0 saturated heterocycles. The molecule has 50 valence electrons. The minimum atomic E-state index is 0. The Morgan fingerprint density at radius 1 is 0.875 bits per heavy atom. The third-order valence-electron chi connectivity index (χ3n) is 0. The van der Waals surface area contributed by atoms with Crippen molar-refractivity contribution in [3.8, 4) is 0 Å². The van der Waals surface area contributed by atoms with E-state index in [1.54, 1.807) is 0 Å². The van der Waals surface area contributed by atoms with E-state index in [-0.39, 0.29) is 68.6 Å². The Bertz CT molecular complexity index is 23.1. The van der Waals surface area contributed by atoms with Gasteiger partial charge in [-0.3, -0.25) is 0 Å². The molecule has 0 saturated carbocycles. The molecule has 0 aromatic heterocycles. The molecule has 0 bridgehead atoms. The fraction of sp³-hybridized carbons (Fsp3) is 0.800. The molecule has 0 aromatic rings. The van der Waals surface area contributed by atoms with E-state index in [2.05, 4.69) is 27.7 Å². The summed E-state index contributed by atoms with van der Waals surface area (Å²) in [6.45, 7) is 10.0. The minimum Gasteiger partial charge on any atom is -0.338 e. The van der Waals surface area contributed by atoms with E-state index in [0.29, 0.717) is 0 Å². The van der Waals surface area contributed by atoms with Gasteiger partial charge in [-0.15, -0.1) is 0 Å². The van der Waals surface area contributed by atoms with Crippen LogP contribution in [0.4, 0.5) is 0 Å². The van der Waals surface area contributed by atoms with Crippen LogP contribution in [0.1, 0.15) is 20.8 Å². The monoisotopic (exact) mass is 623 g/mol. The smallest absolute Gasteiger partial charge is 0 e. The van der Waals surface area contributed by atoms with Gasteiger partial charge in [0.25, 0.3) is 0 Å². The standard InChI is InChI=1S/C5H11.3W/c1-5(2,3)4;;;/h1H2,2-4H3;;;/q-1;;;. The molecule has 0 aromatic carbocycles. The fourth-order valence-corrected chi connectivity index (χ4v) is 0. The molecule has 0 atom stereocenters. The van der Waals surface area contributed by atoms with Crippen LogP contribution in [-0.2, 0) is 63.2 Å². The van der Waals surface area contributed by atoms with Crippen LogP contribution < -0.4 is 0 Å². The zero-order valence-corrected chi connectivity index (χ0v) is 14.2. The van der Waals surface area contributed by atoms with Gasteiger partial charge < -0.3 is 6.92 Å². The summed E-state index contributed by atoms with van der Waals surface area (Å²) in [5.74, 6) is 0. The Balaban J connectivity index is -0.0000000267. The second-order valence-electron chi connectivity index (χ2n) is 2.56. The summed E-state index contributed by atoms with van der Waals surface area (Å²) in [6.07, 6.45) is 0. The van der Waals surface area contributed by atoms with E-state index in [0.717, 1.165) is 0 Å². The van der Waals surface area contributed by atoms with Gasteiger partial charge in [0.2, 0.25) is 0 Å². The molecule has 0 amide bonds. The Hall–Kier alpha value is 2.06. The Morgan fingerprint density at radius 2 is 0.875 bits per heavy atom. The zero-order valence-electron chi connectivity index (χ0n) is 5.43. The SMILES string of the molecule is [CH2-]C(C)(C)C.[W].[W].[W]. The van der Waals surface area contributed by atoms with E-state index in [9.17, 15) is 0 Å². The van der Waals surface area contributed by atoms with Crippen LogP contribution in [0.15, 0.2) is 0 Å². The average Bonchev–Trinajstić information content (AvgIpc) is 0.722. The van der Waals surface area contributed by atoms with Crippen molar-refractivity contribution in [2.24, 2.45) is 5.41 Å². The van der Waals surface area contributed by atoms with Gasteiger partial charge in [0.1, 0.15) is 0 Å². The third kappa shape index (κ3) is 94.4. The first-order chi connectivity index (χ1) is 2.00. The van der Waals surface area contributed by atoms with Crippen LogP contribution >= 0.6 is 0 Å². The predicted octanol–water partition coefficient (Wildman–Crippen LogP) is 1.86. The molecule has 0 aliphatic carbocycles. The normalized spacial score (nSPS) is 7.50. The first-order valence-corrected chi connectivity index (χ1v) is 1.85. The summed E-state index contributed by atoms with van der Waals surface area (Å²) in [5.41, 5.74) is 0.250. The number of hydrogen-bond donors (Lipinski definition) is 0. The van der Waals surface area contributed by atoms with Crippen molar-refractivity contribution in [1.29, 1.82) is 0 Å².